The second kappa shape index (κ2) is 3.94. The van der Waals surface area contributed by atoms with Crippen molar-refractivity contribution < 1.29 is 4.39 Å². The number of nitrogens with zero attached hydrogens (tertiary/aromatic N) is 2. The van der Waals surface area contributed by atoms with E-state index < -0.39 is 0 Å². The molecule has 0 radical (unpaired) electrons. The number of halogens is 2. The van der Waals surface area contributed by atoms with Gasteiger partial charge in [-0.1, -0.05) is 15.9 Å². The molecule has 1 heterocycles. The maximum Gasteiger partial charge on any atom is 0.159 e. The second-order valence-electron chi connectivity index (χ2n) is 3.00. The Labute approximate surface area is 94.3 Å². The van der Waals surface area contributed by atoms with Crippen LogP contribution in [0.15, 0.2) is 35.1 Å². The predicted molar refractivity (Wildman–Crippen MR) is 59.5 cm³/mol. The van der Waals surface area contributed by atoms with E-state index in [2.05, 4.69) is 25.9 Å². The fourth-order valence-corrected chi connectivity index (χ4v) is 1.64. The third-order valence-corrected chi connectivity index (χ3v) is 2.25. The number of nitrogen functional groups attached to an aromatic ring is 1. The van der Waals surface area contributed by atoms with Crippen molar-refractivity contribution in [1.29, 1.82) is 0 Å². The van der Waals surface area contributed by atoms with Crippen molar-refractivity contribution in [3.63, 3.8) is 0 Å². The van der Waals surface area contributed by atoms with Crippen LogP contribution < -0.4 is 5.73 Å². The number of anilines is 1. The van der Waals surface area contributed by atoms with Crippen LogP contribution in [0.4, 0.5) is 10.1 Å². The van der Waals surface area contributed by atoms with Crippen LogP contribution >= 0.6 is 15.9 Å². The van der Waals surface area contributed by atoms with Crippen molar-refractivity contribution in [2.75, 3.05) is 5.73 Å². The molecule has 2 aromatic rings. The lowest BCUT2D eigenvalue weighted by molar-refractivity contribution is 0.627. The molecule has 0 amide bonds. The largest absolute Gasteiger partial charge is 0.396 e. The van der Waals surface area contributed by atoms with Gasteiger partial charge in [0.15, 0.2) is 5.82 Å². The van der Waals surface area contributed by atoms with Gasteiger partial charge in [-0.3, -0.25) is 0 Å². The summed E-state index contributed by atoms with van der Waals surface area (Å²) >= 11 is 3.20. The Kier molecular flexibility index (Phi) is 2.64. The van der Waals surface area contributed by atoms with Gasteiger partial charge in [0.25, 0.3) is 0 Å². The molecule has 0 spiro atoms. The molecule has 76 valence electrons. The van der Waals surface area contributed by atoms with Crippen molar-refractivity contribution >= 4 is 21.6 Å². The van der Waals surface area contributed by atoms with Crippen molar-refractivity contribution in [2.24, 2.45) is 0 Å². The maximum absolute atomic E-state index is 13.1. The van der Waals surface area contributed by atoms with Crippen LogP contribution in [0.25, 0.3) is 11.4 Å². The van der Waals surface area contributed by atoms with E-state index in [0.717, 1.165) is 0 Å². The highest BCUT2D eigenvalue weighted by Gasteiger charge is 2.04. The molecule has 0 bridgehead atoms. The van der Waals surface area contributed by atoms with Crippen LogP contribution in [-0.2, 0) is 0 Å². The molecule has 0 unspecified atom stereocenters. The van der Waals surface area contributed by atoms with Gasteiger partial charge < -0.3 is 5.73 Å². The number of aromatic nitrogens is 2. The van der Waals surface area contributed by atoms with Gasteiger partial charge in [-0.2, -0.15) is 0 Å². The summed E-state index contributed by atoms with van der Waals surface area (Å²) in [5, 5.41) is 0. The second-order valence-corrected chi connectivity index (χ2v) is 3.91. The lowest BCUT2D eigenvalue weighted by Crippen LogP contribution is -1.92. The zero-order valence-corrected chi connectivity index (χ0v) is 9.20. The number of nitrogens with two attached hydrogens (primary N) is 1. The van der Waals surface area contributed by atoms with Gasteiger partial charge in [-0.05, 0) is 18.2 Å². The minimum atomic E-state index is -0.334. The van der Waals surface area contributed by atoms with Crippen LogP contribution in [0.1, 0.15) is 0 Å². The molecule has 1 aromatic heterocycles. The predicted octanol–water partition coefficient (Wildman–Crippen LogP) is 2.63. The molecule has 5 heteroatoms. The van der Waals surface area contributed by atoms with Crippen LogP contribution in [0.3, 0.4) is 0 Å². The summed E-state index contributed by atoms with van der Waals surface area (Å²) in [6, 6.07) is 4.49. The lowest BCUT2D eigenvalue weighted by Gasteiger charge is -2.01. The Morgan fingerprint density at radius 3 is 2.40 bits per heavy atom. The minimum Gasteiger partial charge on any atom is -0.396 e. The number of hydrogen-bond acceptors (Lipinski definition) is 3. The summed E-state index contributed by atoms with van der Waals surface area (Å²) in [6.07, 6.45) is 2.97. The topological polar surface area (TPSA) is 51.8 Å². The van der Waals surface area contributed by atoms with Crippen LogP contribution in [0, 0.1) is 5.82 Å². The summed E-state index contributed by atoms with van der Waals surface area (Å²) in [6.45, 7) is 0. The summed E-state index contributed by atoms with van der Waals surface area (Å²) in [4.78, 5) is 8.01. The first kappa shape index (κ1) is 10.0. The highest BCUT2D eigenvalue weighted by molar-refractivity contribution is 9.10. The van der Waals surface area contributed by atoms with Gasteiger partial charge in [-0.25, -0.2) is 14.4 Å². The highest BCUT2D eigenvalue weighted by atomic mass is 79.9. The Hall–Kier alpha value is -1.49. The average Bonchev–Trinajstić information content (AvgIpc) is 2.17. The molecule has 2 rings (SSSR count). The molecule has 0 aliphatic heterocycles. The highest BCUT2D eigenvalue weighted by Crippen LogP contribution is 2.21. The molecule has 0 aliphatic carbocycles. The molecule has 15 heavy (non-hydrogen) atoms. The van der Waals surface area contributed by atoms with Gasteiger partial charge in [0.2, 0.25) is 0 Å². The molecule has 0 aliphatic rings. The van der Waals surface area contributed by atoms with Crippen molar-refractivity contribution in [3.05, 3.63) is 40.9 Å². The monoisotopic (exact) mass is 267 g/mol. The minimum absolute atomic E-state index is 0.334. The lowest BCUT2D eigenvalue weighted by atomic mass is 10.2. The fraction of sp³-hybridized carbons (Fsp3) is 0. The van der Waals surface area contributed by atoms with E-state index in [1.807, 2.05) is 0 Å². The van der Waals surface area contributed by atoms with E-state index in [0.29, 0.717) is 21.5 Å². The maximum atomic E-state index is 13.1. The van der Waals surface area contributed by atoms with E-state index in [1.165, 1.54) is 24.5 Å². The molecule has 3 nitrogen and oxygen atoms in total. The summed E-state index contributed by atoms with van der Waals surface area (Å²) in [7, 11) is 0. The Morgan fingerprint density at radius 2 is 1.80 bits per heavy atom. The molecular weight excluding hydrogens is 261 g/mol. The van der Waals surface area contributed by atoms with Crippen LogP contribution in [0.5, 0.6) is 0 Å². The first-order valence-corrected chi connectivity index (χ1v) is 4.98. The van der Waals surface area contributed by atoms with Crippen molar-refractivity contribution in [1.82, 2.24) is 9.97 Å². The third kappa shape index (κ3) is 2.30. The normalized spacial score (nSPS) is 10.3. The SMILES string of the molecule is Nc1cnc(-c2cc(F)cc(Br)c2)nc1. The van der Waals surface area contributed by atoms with Crippen LogP contribution in [0.2, 0.25) is 0 Å². The number of benzene rings is 1. The van der Waals surface area contributed by atoms with E-state index in [1.54, 1.807) is 6.07 Å². The molecule has 1 aromatic carbocycles. The Balaban J connectivity index is 2.49. The Bertz CT molecular complexity index is 464. The number of hydrogen-bond donors (Lipinski definition) is 1. The van der Waals surface area contributed by atoms with Crippen LogP contribution in [-0.4, -0.2) is 9.97 Å². The Morgan fingerprint density at radius 1 is 1.13 bits per heavy atom. The summed E-state index contributed by atoms with van der Waals surface area (Å²) in [5.41, 5.74) is 6.55. The average molecular weight is 268 g/mol. The molecule has 0 atom stereocenters. The van der Waals surface area contributed by atoms with E-state index in [9.17, 15) is 4.39 Å². The van der Waals surface area contributed by atoms with Gasteiger partial charge in [0.1, 0.15) is 5.82 Å². The quantitative estimate of drug-likeness (QED) is 0.864. The zero-order valence-electron chi connectivity index (χ0n) is 7.61. The molecule has 0 fully saturated rings. The first-order valence-electron chi connectivity index (χ1n) is 4.19. The van der Waals surface area contributed by atoms with Gasteiger partial charge in [-0.15, -0.1) is 0 Å². The van der Waals surface area contributed by atoms with Crippen molar-refractivity contribution in [2.45, 2.75) is 0 Å². The third-order valence-electron chi connectivity index (χ3n) is 1.79. The fourth-order valence-electron chi connectivity index (χ4n) is 1.17. The standard InChI is InChI=1S/C10H7BrFN3/c11-7-1-6(2-8(12)3-7)10-14-4-9(13)5-15-10/h1-5H,13H2. The summed E-state index contributed by atoms with van der Waals surface area (Å²) < 4.78 is 13.7. The number of rotatable bonds is 1. The molecule has 2 N–H and O–H groups in total. The van der Waals surface area contributed by atoms with Gasteiger partial charge in [0, 0.05) is 10.0 Å². The van der Waals surface area contributed by atoms with Gasteiger partial charge >= 0.3 is 0 Å². The van der Waals surface area contributed by atoms with E-state index >= 15 is 0 Å². The van der Waals surface area contributed by atoms with E-state index in [-0.39, 0.29) is 5.82 Å². The molecule has 0 saturated heterocycles. The molecular formula is C10H7BrFN3. The van der Waals surface area contributed by atoms with E-state index in [4.69, 9.17) is 5.73 Å². The molecule has 0 saturated carbocycles. The first-order chi connectivity index (χ1) is 7.15. The zero-order chi connectivity index (χ0) is 10.8. The smallest absolute Gasteiger partial charge is 0.159 e. The van der Waals surface area contributed by atoms with Gasteiger partial charge in [0.05, 0.1) is 18.1 Å². The van der Waals surface area contributed by atoms with Crippen molar-refractivity contribution in [3.8, 4) is 11.4 Å². The summed E-state index contributed by atoms with van der Waals surface area (Å²) in [5.74, 6) is 0.115.